The molecule has 0 aromatic heterocycles. The molecule has 0 aliphatic heterocycles. The molecule has 0 saturated carbocycles. The molecule has 0 saturated heterocycles. The van der Waals surface area contributed by atoms with Crippen molar-refractivity contribution < 1.29 is 14.3 Å². The Morgan fingerprint density at radius 3 is 2.38 bits per heavy atom. The fourth-order valence-electron chi connectivity index (χ4n) is 1.00. The molecular formula is C11H24N2O3. The van der Waals surface area contributed by atoms with Crippen LogP contribution in [-0.4, -0.2) is 63.9 Å². The molecule has 0 aromatic carbocycles. The fraction of sp³-hybridized carbons (Fsp3) is 0.909. The highest BCUT2D eigenvalue weighted by Gasteiger charge is 1.94. The van der Waals surface area contributed by atoms with Gasteiger partial charge in [-0.2, -0.15) is 0 Å². The summed E-state index contributed by atoms with van der Waals surface area (Å²) in [5, 5.41) is 3.26. The van der Waals surface area contributed by atoms with Crippen molar-refractivity contribution in [2.75, 3.05) is 46.6 Å². The highest BCUT2D eigenvalue weighted by molar-refractivity contribution is 5.46. The van der Waals surface area contributed by atoms with E-state index in [0.29, 0.717) is 39.0 Å². The molecule has 5 nitrogen and oxygen atoms in total. The Balaban J connectivity index is 3.01. The summed E-state index contributed by atoms with van der Waals surface area (Å²) < 4.78 is 10.6. The van der Waals surface area contributed by atoms with Crippen LogP contribution in [0.15, 0.2) is 0 Å². The summed E-state index contributed by atoms with van der Waals surface area (Å²) in [5.41, 5.74) is 0. The number of ether oxygens (including phenoxy) is 2. The minimum absolute atomic E-state index is 0.499. The number of nitrogens with one attached hydrogen (secondary N) is 1. The van der Waals surface area contributed by atoms with E-state index in [0.717, 1.165) is 13.0 Å². The average Bonchev–Trinajstić information content (AvgIpc) is 2.26. The largest absolute Gasteiger partial charge is 0.378 e. The van der Waals surface area contributed by atoms with Gasteiger partial charge in [0.15, 0.2) is 0 Å². The number of amides is 1. The van der Waals surface area contributed by atoms with Crippen molar-refractivity contribution in [3.63, 3.8) is 0 Å². The zero-order valence-electron chi connectivity index (χ0n) is 10.6. The molecule has 0 unspecified atom stereocenters. The molecule has 0 spiro atoms. The predicted octanol–water partition coefficient (Wildman–Crippen LogP) is 0.106. The number of nitrogens with zero attached hydrogens (tertiary/aromatic N) is 1. The zero-order chi connectivity index (χ0) is 12.2. The van der Waals surface area contributed by atoms with Gasteiger partial charge in [-0.25, -0.2) is 0 Å². The Hall–Kier alpha value is -0.650. The van der Waals surface area contributed by atoms with Crippen LogP contribution < -0.4 is 5.32 Å². The first kappa shape index (κ1) is 15.3. The van der Waals surface area contributed by atoms with Crippen LogP contribution in [0.2, 0.25) is 0 Å². The quantitative estimate of drug-likeness (QED) is 0.406. The topological polar surface area (TPSA) is 50.8 Å². The standard InChI is InChI=1S/C11H24N2O3/c1-11(2)12-4-6-15-8-9-16-7-5-13(3)10-14/h10-12H,4-9H2,1-3H3. The predicted molar refractivity (Wildman–Crippen MR) is 63.5 cm³/mol. The monoisotopic (exact) mass is 232 g/mol. The number of carbonyl (C=O) groups is 1. The van der Waals surface area contributed by atoms with E-state index < -0.39 is 0 Å². The van der Waals surface area contributed by atoms with E-state index in [1.165, 1.54) is 0 Å². The summed E-state index contributed by atoms with van der Waals surface area (Å²) in [6.45, 7) is 8.14. The molecule has 0 fully saturated rings. The summed E-state index contributed by atoms with van der Waals surface area (Å²) in [7, 11) is 1.73. The molecule has 16 heavy (non-hydrogen) atoms. The van der Waals surface area contributed by atoms with E-state index in [-0.39, 0.29) is 0 Å². The summed E-state index contributed by atoms with van der Waals surface area (Å²) in [5.74, 6) is 0. The van der Waals surface area contributed by atoms with Gasteiger partial charge < -0.3 is 19.7 Å². The van der Waals surface area contributed by atoms with Crippen LogP contribution in [0.1, 0.15) is 13.8 Å². The van der Waals surface area contributed by atoms with Crippen LogP contribution in [0.25, 0.3) is 0 Å². The van der Waals surface area contributed by atoms with E-state index in [9.17, 15) is 4.79 Å². The maximum absolute atomic E-state index is 10.2. The lowest BCUT2D eigenvalue weighted by molar-refractivity contribution is -0.117. The molecule has 96 valence electrons. The number of likely N-dealkylation sites (N-methyl/N-ethyl adjacent to an activating group) is 1. The molecule has 0 atom stereocenters. The maximum atomic E-state index is 10.2. The molecule has 0 aromatic rings. The summed E-state index contributed by atoms with van der Waals surface area (Å²) in [6, 6.07) is 0.499. The van der Waals surface area contributed by atoms with Gasteiger partial charge in [-0.15, -0.1) is 0 Å². The normalized spacial score (nSPS) is 10.8. The van der Waals surface area contributed by atoms with Crippen molar-refractivity contribution in [2.45, 2.75) is 19.9 Å². The van der Waals surface area contributed by atoms with E-state index in [2.05, 4.69) is 19.2 Å². The van der Waals surface area contributed by atoms with Gasteiger partial charge in [-0.05, 0) is 0 Å². The molecule has 0 rings (SSSR count). The third-order valence-electron chi connectivity index (χ3n) is 1.94. The van der Waals surface area contributed by atoms with Gasteiger partial charge in [0, 0.05) is 26.2 Å². The van der Waals surface area contributed by atoms with Gasteiger partial charge in [0.1, 0.15) is 0 Å². The second kappa shape index (κ2) is 10.9. The molecule has 5 heteroatoms. The van der Waals surface area contributed by atoms with Crippen LogP contribution >= 0.6 is 0 Å². The van der Waals surface area contributed by atoms with Crippen LogP contribution in [0.4, 0.5) is 0 Å². The first-order chi connectivity index (χ1) is 7.66. The number of hydrogen-bond donors (Lipinski definition) is 1. The van der Waals surface area contributed by atoms with Gasteiger partial charge in [0.25, 0.3) is 0 Å². The lowest BCUT2D eigenvalue weighted by Gasteiger charge is -2.11. The second-order valence-corrected chi connectivity index (χ2v) is 3.92. The minimum Gasteiger partial charge on any atom is -0.378 e. The number of carbonyl (C=O) groups excluding carboxylic acids is 1. The number of hydrogen-bond acceptors (Lipinski definition) is 4. The van der Waals surface area contributed by atoms with Crippen LogP contribution in [-0.2, 0) is 14.3 Å². The zero-order valence-corrected chi connectivity index (χ0v) is 10.6. The molecule has 0 bridgehead atoms. The highest BCUT2D eigenvalue weighted by Crippen LogP contribution is 1.82. The Bertz CT molecular complexity index is 165. The van der Waals surface area contributed by atoms with Crippen molar-refractivity contribution in [3.05, 3.63) is 0 Å². The lowest BCUT2D eigenvalue weighted by atomic mass is 10.4. The van der Waals surface area contributed by atoms with Crippen molar-refractivity contribution in [2.24, 2.45) is 0 Å². The first-order valence-corrected chi connectivity index (χ1v) is 5.71. The lowest BCUT2D eigenvalue weighted by Crippen LogP contribution is -2.27. The number of rotatable bonds is 11. The molecule has 0 radical (unpaired) electrons. The van der Waals surface area contributed by atoms with Crippen molar-refractivity contribution >= 4 is 6.41 Å². The fourth-order valence-corrected chi connectivity index (χ4v) is 1.00. The summed E-state index contributed by atoms with van der Waals surface area (Å²) in [6.07, 6.45) is 0.789. The molecule has 0 aliphatic carbocycles. The van der Waals surface area contributed by atoms with Gasteiger partial charge in [0.05, 0.1) is 26.4 Å². The molecule has 1 N–H and O–H groups in total. The summed E-state index contributed by atoms with van der Waals surface area (Å²) in [4.78, 5) is 11.8. The Labute approximate surface area is 98.1 Å². The molecule has 0 heterocycles. The molecular weight excluding hydrogens is 208 g/mol. The van der Waals surface area contributed by atoms with Crippen molar-refractivity contribution in [1.82, 2.24) is 10.2 Å². The van der Waals surface area contributed by atoms with Crippen LogP contribution in [0, 0.1) is 0 Å². The van der Waals surface area contributed by atoms with Gasteiger partial charge >= 0.3 is 0 Å². The van der Waals surface area contributed by atoms with E-state index in [4.69, 9.17) is 9.47 Å². The molecule has 1 amide bonds. The average molecular weight is 232 g/mol. The Morgan fingerprint density at radius 2 is 1.81 bits per heavy atom. The van der Waals surface area contributed by atoms with Gasteiger partial charge in [-0.1, -0.05) is 13.8 Å². The second-order valence-electron chi connectivity index (χ2n) is 3.92. The smallest absolute Gasteiger partial charge is 0.209 e. The van der Waals surface area contributed by atoms with E-state index in [1.807, 2.05) is 0 Å². The van der Waals surface area contributed by atoms with Crippen LogP contribution in [0.5, 0.6) is 0 Å². The minimum atomic E-state index is 0.499. The highest BCUT2D eigenvalue weighted by atomic mass is 16.5. The van der Waals surface area contributed by atoms with Crippen LogP contribution in [0.3, 0.4) is 0 Å². The van der Waals surface area contributed by atoms with Gasteiger partial charge in [0.2, 0.25) is 6.41 Å². The third-order valence-corrected chi connectivity index (χ3v) is 1.94. The van der Waals surface area contributed by atoms with E-state index >= 15 is 0 Å². The molecule has 0 aliphatic rings. The third kappa shape index (κ3) is 11.4. The maximum Gasteiger partial charge on any atom is 0.209 e. The SMILES string of the molecule is CC(C)NCCOCCOCCN(C)C=O. The van der Waals surface area contributed by atoms with Gasteiger partial charge in [-0.3, -0.25) is 4.79 Å². The Morgan fingerprint density at radius 1 is 1.19 bits per heavy atom. The van der Waals surface area contributed by atoms with E-state index in [1.54, 1.807) is 11.9 Å². The first-order valence-electron chi connectivity index (χ1n) is 5.71. The van der Waals surface area contributed by atoms with Crippen molar-refractivity contribution in [3.8, 4) is 0 Å². The van der Waals surface area contributed by atoms with Crippen molar-refractivity contribution in [1.29, 1.82) is 0 Å². The summed E-state index contributed by atoms with van der Waals surface area (Å²) >= 11 is 0. The Kier molecular flexibility index (Phi) is 10.4.